The fourth-order valence-electron chi connectivity index (χ4n) is 6.42. The Kier molecular flexibility index (Phi) is 3.37. The molecule has 128 valence electrons. The van der Waals surface area contributed by atoms with Gasteiger partial charge in [-0.05, 0) is 61.7 Å². The van der Waals surface area contributed by atoms with Crippen molar-refractivity contribution >= 4 is 5.78 Å². The SMILES string of the molecule is C[C@]12CC[C@H](O)CC1=C[C@H](O)[C@@H]1[C@@H]2CC[C@]2(C)C(=O)[C@H](O)C[C@@H]12. The third kappa shape index (κ3) is 1.98. The molecule has 0 bridgehead atoms. The normalized spacial score (nSPS) is 55.7. The minimum absolute atomic E-state index is 0.0212. The topological polar surface area (TPSA) is 77.8 Å². The van der Waals surface area contributed by atoms with E-state index in [0.717, 1.165) is 25.7 Å². The Morgan fingerprint density at radius 1 is 1.04 bits per heavy atom. The quantitative estimate of drug-likeness (QED) is 0.595. The minimum atomic E-state index is -0.859. The standard InChI is InChI=1S/C19H28O4/c1-18-5-3-11(20)7-10(18)8-14(21)16-12(18)4-6-19(2)13(16)9-15(22)17(19)23/h8,11-16,20-22H,3-7,9H2,1-2H3/t11-,12-,13-,14-,15+,16+,18-,19-/m0/s1. The Bertz CT molecular complexity index is 570. The van der Waals surface area contributed by atoms with Crippen LogP contribution in [0.15, 0.2) is 11.6 Å². The number of aliphatic hydroxyl groups excluding tert-OH is 3. The fraction of sp³-hybridized carbons (Fsp3) is 0.842. The summed E-state index contributed by atoms with van der Waals surface area (Å²) in [6.45, 7) is 4.27. The smallest absolute Gasteiger partial charge is 0.167 e. The second-order valence-corrected chi connectivity index (χ2v) is 8.86. The van der Waals surface area contributed by atoms with Crippen molar-refractivity contribution in [3.05, 3.63) is 11.6 Å². The fourth-order valence-corrected chi connectivity index (χ4v) is 6.42. The molecule has 0 unspecified atom stereocenters. The van der Waals surface area contributed by atoms with E-state index in [-0.39, 0.29) is 29.1 Å². The number of rotatable bonds is 0. The van der Waals surface area contributed by atoms with Gasteiger partial charge in [-0.2, -0.15) is 0 Å². The summed E-state index contributed by atoms with van der Waals surface area (Å²) in [7, 11) is 0. The highest BCUT2D eigenvalue weighted by Crippen LogP contribution is 2.63. The van der Waals surface area contributed by atoms with Crippen molar-refractivity contribution in [3.63, 3.8) is 0 Å². The van der Waals surface area contributed by atoms with E-state index in [1.807, 2.05) is 13.0 Å². The maximum Gasteiger partial charge on any atom is 0.167 e. The minimum Gasteiger partial charge on any atom is -0.393 e. The van der Waals surface area contributed by atoms with Crippen LogP contribution in [0.5, 0.6) is 0 Å². The molecule has 0 amide bonds. The molecular formula is C19H28O4. The summed E-state index contributed by atoms with van der Waals surface area (Å²) in [4.78, 5) is 12.5. The van der Waals surface area contributed by atoms with E-state index >= 15 is 0 Å². The van der Waals surface area contributed by atoms with Gasteiger partial charge in [0.2, 0.25) is 0 Å². The Balaban J connectivity index is 1.75. The molecule has 3 N–H and O–H groups in total. The number of aliphatic hydroxyl groups is 3. The zero-order valence-electron chi connectivity index (χ0n) is 14.0. The van der Waals surface area contributed by atoms with Crippen molar-refractivity contribution in [2.75, 3.05) is 0 Å². The van der Waals surface area contributed by atoms with Gasteiger partial charge in [0.1, 0.15) is 6.10 Å². The lowest BCUT2D eigenvalue weighted by Crippen LogP contribution is -2.54. The van der Waals surface area contributed by atoms with Gasteiger partial charge in [0.05, 0.1) is 12.2 Å². The molecule has 0 spiro atoms. The van der Waals surface area contributed by atoms with Crippen LogP contribution in [-0.2, 0) is 4.79 Å². The number of fused-ring (bicyclic) bond motifs is 5. The predicted molar refractivity (Wildman–Crippen MR) is 85.5 cm³/mol. The molecule has 3 saturated carbocycles. The summed E-state index contributed by atoms with van der Waals surface area (Å²) >= 11 is 0. The molecule has 3 fully saturated rings. The number of carbonyl (C=O) groups is 1. The van der Waals surface area contributed by atoms with Gasteiger partial charge in [-0.25, -0.2) is 0 Å². The molecule has 4 nitrogen and oxygen atoms in total. The molecule has 8 atom stereocenters. The zero-order valence-corrected chi connectivity index (χ0v) is 14.0. The van der Waals surface area contributed by atoms with E-state index in [0.29, 0.717) is 18.8 Å². The Hall–Kier alpha value is -0.710. The molecule has 4 rings (SSSR count). The van der Waals surface area contributed by atoms with Crippen LogP contribution < -0.4 is 0 Å². The average Bonchev–Trinajstić information content (AvgIpc) is 2.73. The lowest BCUT2D eigenvalue weighted by atomic mass is 9.47. The van der Waals surface area contributed by atoms with E-state index in [1.165, 1.54) is 5.57 Å². The summed E-state index contributed by atoms with van der Waals surface area (Å²) in [5.74, 6) is 0.451. The van der Waals surface area contributed by atoms with Gasteiger partial charge in [0, 0.05) is 5.41 Å². The largest absolute Gasteiger partial charge is 0.393 e. The van der Waals surface area contributed by atoms with Crippen molar-refractivity contribution in [3.8, 4) is 0 Å². The van der Waals surface area contributed by atoms with E-state index in [4.69, 9.17) is 0 Å². The Morgan fingerprint density at radius 3 is 2.48 bits per heavy atom. The first kappa shape index (κ1) is 15.8. The molecule has 4 aliphatic rings. The summed E-state index contributed by atoms with van der Waals surface area (Å²) in [6, 6.07) is 0. The van der Waals surface area contributed by atoms with Crippen LogP contribution in [0.2, 0.25) is 0 Å². The second-order valence-electron chi connectivity index (χ2n) is 8.86. The lowest BCUT2D eigenvalue weighted by Gasteiger charge is -2.57. The summed E-state index contributed by atoms with van der Waals surface area (Å²) in [5.41, 5.74) is 0.761. The van der Waals surface area contributed by atoms with Crippen LogP contribution in [-0.4, -0.2) is 39.4 Å². The molecule has 0 radical (unpaired) electrons. The maximum absolute atomic E-state index is 12.5. The maximum atomic E-state index is 12.5. The molecule has 0 heterocycles. The second kappa shape index (κ2) is 4.90. The van der Waals surface area contributed by atoms with Crippen molar-refractivity contribution in [1.82, 2.24) is 0 Å². The van der Waals surface area contributed by atoms with Gasteiger partial charge in [-0.3, -0.25) is 4.79 Å². The monoisotopic (exact) mass is 320 g/mol. The van der Waals surface area contributed by atoms with Crippen molar-refractivity contribution in [2.24, 2.45) is 28.6 Å². The van der Waals surface area contributed by atoms with Gasteiger partial charge in [0.25, 0.3) is 0 Å². The van der Waals surface area contributed by atoms with Crippen molar-refractivity contribution < 1.29 is 20.1 Å². The van der Waals surface area contributed by atoms with Crippen LogP contribution >= 0.6 is 0 Å². The van der Waals surface area contributed by atoms with Gasteiger partial charge < -0.3 is 15.3 Å². The van der Waals surface area contributed by atoms with E-state index < -0.39 is 17.6 Å². The molecule has 0 aromatic heterocycles. The molecule has 0 aromatic carbocycles. The van der Waals surface area contributed by atoms with Gasteiger partial charge >= 0.3 is 0 Å². The summed E-state index contributed by atoms with van der Waals surface area (Å²) in [6.07, 6.45) is 4.93. The molecule has 4 heteroatoms. The summed E-state index contributed by atoms with van der Waals surface area (Å²) < 4.78 is 0. The third-order valence-corrected chi connectivity index (χ3v) is 7.84. The number of hydrogen-bond donors (Lipinski definition) is 3. The van der Waals surface area contributed by atoms with Gasteiger partial charge in [0.15, 0.2) is 5.78 Å². The first-order valence-corrected chi connectivity index (χ1v) is 9.07. The molecule has 23 heavy (non-hydrogen) atoms. The van der Waals surface area contributed by atoms with E-state index in [2.05, 4.69) is 6.92 Å². The molecular weight excluding hydrogens is 292 g/mol. The van der Waals surface area contributed by atoms with Crippen molar-refractivity contribution in [2.45, 2.75) is 70.7 Å². The highest BCUT2D eigenvalue weighted by Gasteiger charge is 2.62. The zero-order chi connectivity index (χ0) is 16.6. The van der Waals surface area contributed by atoms with Crippen LogP contribution in [0.25, 0.3) is 0 Å². The molecule has 0 aliphatic heterocycles. The van der Waals surface area contributed by atoms with E-state index in [9.17, 15) is 20.1 Å². The first-order chi connectivity index (χ1) is 10.8. The third-order valence-electron chi connectivity index (χ3n) is 7.84. The first-order valence-electron chi connectivity index (χ1n) is 9.07. The number of carbonyl (C=O) groups excluding carboxylic acids is 1. The highest BCUT2D eigenvalue weighted by molar-refractivity contribution is 5.91. The van der Waals surface area contributed by atoms with Gasteiger partial charge in [-0.15, -0.1) is 0 Å². The molecule has 4 aliphatic carbocycles. The average molecular weight is 320 g/mol. The lowest BCUT2D eigenvalue weighted by molar-refractivity contribution is -0.139. The van der Waals surface area contributed by atoms with Crippen LogP contribution in [0.4, 0.5) is 0 Å². The highest BCUT2D eigenvalue weighted by atomic mass is 16.3. The predicted octanol–water partition coefficient (Wildman–Crippen LogP) is 1.82. The summed E-state index contributed by atoms with van der Waals surface area (Å²) in [5, 5.41) is 31.0. The Labute approximate surface area is 137 Å². The van der Waals surface area contributed by atoms with E-state index in [1.54, 1.807) is 0 Å². The Morgan fingerprint density at radius 2 is 1.74 bits per heavy atom. The number of hydrogen-bond acceptors (Lipinski definition) is 4. The van der Waals surface area contributed by atoms with Crippen LogP contribution in [0.1, 0.15) is 52.4 Å². The molecule has 0 saturated heterocycles. The molecule has 0 aromatic rings. The number of Topliss-reactive ketones (excluding diaryl/α,β-unsaturated/α-hetero) is 1. The number of ketones is 1. The van der Waals surface area contributed by atoms with Crippen LogP contribution in [0, 0.1) is 28.6 Å². The van der Waals surface area contributed by atoms with Crippen molar-refractivity contribution in [1.29, 1.82) is 0 Å². The van der Waals surface area contributed by atoms with Crippen LogP contribution in [0.3, 0.4) is 0 Å². The van der Waals surface area contributed by atoms with Gasteiger partial charge in [-0.1, -0.05) is 25.5 Å².